The summed E-state index contributed by atoms with van der Waals surface area (Å²) in [5.41, 5.74) is 12.2. The van der Waals surface area contributed by atoms with Crippen molar-refractivity contribution in [3.63, 3.8) is 0 Å². The largest absolute Gasteiger partial charge is 0.350 e. The molecule has 0 saturated heterocycles. The van der Waals surface area contributed by atoms with Gasteiger partial charge in [0.05, 0.1) is 6.61 Å². The second-order valence-corrected chi connectivity index (χ2v) is 5.55. The number of carbonyl (C=O) groups is 1. The maximum atomic E-state index is 12.3. The fourth-order valence-electron chi connectivity index (χ4n) is 0.883. The van der Waals surface area contributed by atoms with Gasteiger partial charge in [0, 0.05) is 42.9 Å². The SMILES string of the molecule is [2H]C([2H])(Cl)CN(CC([2H])([2H])Cl)P(N)(=O)OCC/C=N/NC(N)=O. The van der Waals surface area contributed by atoms with Gasteiger partial charge in [-0.25, -0.2) is 20.4 Å². The van der Waals surface area contributed by atoms with E-state index >= 15 is 0 Å². The molecule has 112 valence electrons. The van der Waals surface area contributed by atoms with Crippen LogP contribution in [-0.2, 0) is 9.09 Å². The first-order chi connectivity index (χ1) is 10.2. The quantitative estimate of drug-likeness (QED) is 0.179. The topological polar surface area (TPSA) is 123 Å². The Bertz CT molecular complexity index is 458. The molecule has 0 aromatic carbocycles. The van der Waals surface area contributed by atoms with Gasteiger partial charge in [0.1, 0.15) is 0 Å². The first kappa shape index (κ1) is 12.4. The highest BCUT2D eigenvalue weighted by Crippen LogP contribution is 2.42. The molecule has 0 aliphatic carbocycles. The number of hydrogen-bond donors (Lipinski definition) is 3. The van der Waals surface area contributed by atoms with Crippen LogP contribution in [-0.4, -0.2) is 48.3 Å². The van der Waals surface area contributed by atoms with Gasteiger partial charge in [-0.1, -0.05) is 0 Å². The first-order valence-electron chi connectivity index (χ1n) is 6.96. The lowest BCUT2D eigenvalue weighted by Crippen LogP contribution is -2.29. The summed E-state index contributed by atoms with van der Waals surface area (Å²) in [7, 11) is -4.05. The lowest BCUT2D eigenvalue weighted by Gasteiger charge is -2.26. The van der Waals surface area contributed by atoms with Crippen LogP contribution in [0.1, 0.15) is 11.9 Å². The molecule has 1 atom stereocenters. The molecule has 0 fully saturated rings. The van der Waals surface area contributed by atoms with Crippen molar-refractivity contribution in [3.8, 4) is 0 Å². The minimum absolute atomic E-state index is 0.108. The molecule has 5 N–H and O–H groups in total. The van der Waals surface area contributed by atoms with Crippen molar-refractivity contribution in [2.24, 2.45) is 16.3 Å². The van der Waals surface area contributed by atoms with Crippen molar-refractivity contribution in [2.75, 3.05) is 31.4 Å². The van der Waals surface area contributed by atoms with E-state index in [0.29, 0.717) is 4.67 Å². The molecule has 0 spiro atoms. The number of primary amides is 1. The Balaban J connectivity index is 4.69. The average molecular weight is 338 g/mol. The Kier molecular flexibility index (Phi) is 6.79. The van der Waals surface area contributed by atoms with Crippen LogP contribution in [0.4, 0.5) is 4.79 Å². The van der Waals surface area contributed by atoms with E-state index < -0.39 is 38.5 Å². The summed E-state index contributed by atoms with van der Waals surface area (Å²) in [6, 6.07) is -0.855. The molecule has 0 heterocycles. The van der Waals surface area contributed by atoms with Crippen LogP contribution in [0, 0.1) is 0 Å². The predicted molar refractivity (Wildman–Crippen MR) is 76.6 cm³/mol. The molecule has 0 radical (unpaired) electrons. The van der Waals surface area contributed by atoms with Gasteiger partial charge in [-0.3, -0.25) is 4.57 Å². The summed E-state index contributed by atoms with van der Waals surface area (Å²) in [4.78, 5) is 10.3. The average Bonchev–Trinajstić information content (AvgIpc) is 2.28. The zero-order chi connectivity index (χ0) is 18.3. The van der Waals surface area contributed by atoms with Gasteiger partial charge in [0.15, 0.2) is 0 Å². The lowest BCUT2D eigenvalue weighted by atomic mass is 10.5. The molecular formula is C8H18Cl2N5O3P. The smallest absolute Gasteiger partial charge is 0.340 e. The van der Waals surface area contributed by atoms with Crippen LogP contribution in [0.15, 0.2) is 5.10 Å². The van der Waals surface area contributed by atoms with E-state index in [-0.39, 0.29) is 13.0 Å². The van der Waals surface area contributed by atoms with Crippen LogP contribution < -0.4 is 16.7 Å². The van der Waals surface area contributed by atoms with Gasteiger partial charge >= 0.3 is 13.7 Å². The molecule has 0 bridgehead atoms. The van der Waals surface area contributed by atoms with Crippen molar-refractivity contribution in [1.29, 1.82) is 0 Å². The minimum atomic E-state index is -4.05. The van der Waals surface area contributed by atoms with Crippen LogP contribution in [0.25, 0.3) is 0 Å². The van der Waals surface area contributed by atoms with E-state index in [1.54, 1.807) is 0 Å². The van der Waals surface area contributed by atoms with Gasteiger partial charge < -0.3 is 10.3 Å². The summed E-state index contributed by atoms with van der Waals surface area (Å²) in [5, 5.41) is 3.42. The molecule has 0 aromatic heterocycles. The Labute approximate surface area is 127 Å². The van der Waals surface area contributed by atoms with E-state index in [1.807, 2.05) is 5.43 Å². The lowest BCUT2D eigenvalue weighted by molar-refractivity contribution is 0.249. The van der Waals surface area contributed by atoms with E-state index in [1.165, 1.54) is 6.21 Å². The molecule has 8 nitrogen and oxygen atoms in total. The number of rotatable bonds is 10. The number of amides is 2. The Morgan fingerprint density at radius 2 is 2.11 bits per heavy atom. The number of carbonyl (C=O) groups excluding carboxylic acids is 1. The second-order valence-electron chi connectivity index (χ2n) is 3.06. The van der Waals surface area contributed by atoms with Crippen molar-refractivity contribution in [3.05, 3.63) is 0 Å². The molecular weight excluding hydrogens is 316 g/mol. The van der Waals surface area contributed by atoms with Crippen molar-refractivity contribution < 1.29 is 19.4 Å². The van der Waals surface area contributed by atoms with Crippen LogP contribution in [0.5, 0.6) is 0 Å². The zero-order valence-electron chi connectivity index (χ0n) is 13.9. The fourth-order valence-corrected chi connectivity index (χ4v) is 2.40. The summed E-state index contributed by atoms with van der Waals surface area (Å²) < 4.78 is 47.1. The first-order valence-corrected chi connectivity index (χ1v) is 7.37. The molecule has 0 aliphatic rings. The summed E-state index contributed by atoms with van der Waals surface area (Å²) in [5.74, 6) is -4.62. The zero-order valence-corrected chi connectivity index (χ0v) is 12.3. The Morgan fingerprint density at radius 3 is 2.58 bits per heavy atom. The molecule has 1 unspecified atom stereocenters. The standard InChI is InChI=1S/C8H18Cl2N5O3P/c9-2-5-15(6-3-10)19(12,17)18-7-1-4-13-14-8(11)16/h4H,1-3,5-7H2,(H2,12,17)(H3,11,14,16)/b13-4+/i2D2,3D2. The highest BCUT2D eigenvalue weighted by Gasteiger charge is 2.26. The third-order valence-corrected chi connectivity index (χ3v) is 3.53. The molecule has 11 heteroatoms. The van der Waals surface area contributed by atoms with E-state index in [2.05, 4.69) is 5.10 Å². The van der Waals surface area contributed by atoms with Gasteiger partial charge in [-0.15, -0.1) is 23.2 Å². The monoisotopic (exact) mass is 337 g/mol. The van der Waals surface area contributed by atoms with Gasteiger partial charge in [-0.05, 0) is 0 Å². The molecule has 19 heavy (non-hydrogen) atoms. The Morgan fingerprint density at radius 1 is 1.53 bits per heavy atom. The number of alkyl halides is 2. The van der Waals surface area contributed by atoms with E-state index in [9.17, 15) is 9.36 Å². The number of hydrazone groups is 1. The summed E-state index contributed by atoms with van der Waals surface area (Å²) in [6.07, 6.45) is 1.33. The molecule has 0 saturated carbocycles. The number of urea groups is 1. The number of hydrogen-bond acceptors (Lipinski definition) is 4. The van der Waals surface area contributed by atoms with Crippen LogP contribution in [0.3, 0.4) is 0 Å². The third-order valence-electron chi connectivity index (χ3n) is 1.67. The summed E-state index contributed by atoms with van der Waals surface area (Å²) >= 11 is 10.8. The third kappa shape index (κ3) is 9.21. The number of nitrogens with one attached hydrogen (secondary N) is 1. The van der Waals surface area contributed by atoms with Gasteiger partial charge in [0.2, 0.25) is 0 Å². The van der Waals surface area contributed by atoms with Crippen molar-refractivity contribution in [1.82, 2.24) is 10.1 Å². The highest BCUT2D eigenvalue weighted by atomic mass is 35.5. The predicted octanol–water partition coefficient (Wildman–Crippen LogP) is 0.894. The van der Waals surface area contributed by atoms with Crippen molar-refractivity contribution in [2.45, 2.75) is 6.42 Å². The minimum Gasteiger partial charge on any atom is -0.350 e. The number of nitrogens with two attached hydrogens (primary N) is 2. The van der Waals surface area contributed by atoms with Crippen LogP contribution in [0.2, 0.25) is 0 Å². The normalized spacial score (nSPS) is 19.4. The molecule has 0 rings (SSSR count). The fraction of sp³-hybridized carbons (Fsp3) is 0.750. The van der Waals surface area contributed by atoms with Gasteiger partial charge in [-0.2, -0.15) is 5.10 Å². The van der Waals surface area contributed by atoms with E-state index in [0.717, 1.165) is 0 Å². The molecule has 0 aromatic rings. The van der Waals surface area contributed by atoms with E-state index in [4.69, 9.17) is 44.4 Å². The van der Waals surface area contributed by atoms with Gasteiger partial charge in [0.25, 0.3) is 0 Å². The number of nitrogens with zero attached hydrogens (tertiary/aromatic N) is 2. The summed E-state index contributed by atoms with van der Waals surface area (Å²) in [6.45, 7) is -1.51. The molecule has 0 aliphatic heterocycles. The number of halogens is 2. The second kappa shape index (κ2) is 10.4. The van der Waals surface area contributed by atoms with Crippen molar-refractivity contribution >= 4 is 43.1 Å². The molecule has 2 amide bonds. The Hall–Kier alpha value is -0.370. The maximum absolute atomic E-state index is 12.3. The maximum Gasteiger partial charge on any atom is 0.340 e. The highest BCUT2D eigenvalue weighted by molar-refractivity contribution is 7.53. The van der Waals surface area contributed by atoms with Crippen LogP contribution >= 0.6 is 30.9 Å².